The van der Waals surface area contributed by atoms with E-state index in [-0.39, 0.29) is 0 Å². The number of likely N-dealkylation sites (N-methyl/N-ethyl adjacent to an activating group) is 1. The number of benzene rings is 1. The van der Waals surface area contributed by atoms with Crippen molar-refractivity contribution < 1.29 is 24.4 Å². The number of piperidine rings is 1. The van der Waals surface area contributed by atoms with Crippen molar-refractivity contribution in [1.82, 2.24) is 29.4 Å². The van der Waals surface area contributed by atoms with Crippen LogP contribution in [0.3, 0.4) is 0 Å². The van der Waals surface area contributed by atoms with Crippen LogP contribution in [0.25, 0.3) is 27.7 Å². The fourth-order valence-electron chi connectivity index (χ4n) is 5.50. The van der Waals surface area contributed by atoms with E-state index in [4.69, 9.17) is 20.3 Å². The lowest BCUT2D eigenvalue weighted by atomic mass is 10.0. The average Bonchev–Trinajstić information content (AvgIpc) is 3.32. The van der Waals surface area contributed by atoms with E-state index >= 15 is 0 Å². The summed E-state index contributed by atoms with van der Waals surface area (Å²) in [6, 6.07) is 4.72. The monoisotopic (exact) mass is 523 g/mol. The fraction of sp³-hybridized carbons (Fsp3) is 0.423. The zero-order valence-electron chi connectivity index (χ0n) is 21.0. The number of piperazine rings is 1. The highest BCUT2D eigenvalue weighted by atomic mass is 19.1. The molecule has 3 aromatic heterocycles. The Morgan fingerprint density at radius 2 is 1.74 bits per heavy atom. The van der Waals surface area contributed by atoms with Crippen molar-refractivity contribution in [3.63, 3.8) is 0 Å². The molecule has 0 spiro atoms. The molecule has 4 aromatic rings. The number of hydrogen-bond acceptors (Lipinski definition) is 10. The molecule has 0 aliphatic carbocycles. The lowest BCUT2D eigenvalue weighted by Crippen LogP contribution is -2.52. The molecule has 0 unspecified atom stereocenters. The lowest BCUT2D eigenvalue weighted by Gasteiger charge is -2.42. The SMILES string of the molecule is CN1CCN(C2CCN(c3cnc4c(-c5ccnc6cc(F)c(OC(O)(O)O)cc56)cnn4c3)CC2)CC1. The first-order valence-electron chi connectivity index (χ1n) is 12.7. The maximum Gasteiger partial charge on any atom is 0.453 e. The molecule has 2 aliphatic heterocycles. The minimum absolute atomic E-state index is 0.325. The Labute approximate surface area is 218 Å². The second-order valence-corrected chi connectivity index (χ2v) is 10.0. The second-order valence-electron chi connectivity index (χ2n) is 10.0. The van der Waals surface area contributed by atoms with Gasteiger partial charge < -0.3 is 29.9 Å². The molecule has 0 atom stereocenters. The van der Waals surface area contributed by atoms with Gasteiger partial charge in [0, 0.05) is 68.5 Å². The van der Waals surface area contributed by atoms with Crippen LogP contribution in [-0.2, 0) is 0 Å². The molecule has 6 rings (SSSR count). The summed E-state index contributed by atoms with van der Waals surface area (Å²) in [5, 5.41) is 32.5. The van der Waals surface area contributed by atoms with Crippen molar-refractivity contribution in [1.29, 1.82) is 0 Å². The molecule has 38 heavy (non-hydrogen) atoms. The van der Waals surface area contributed by atoms with Crippen LogP contribution in [0.4, 0.5) is 10.1 Å². The first kappa shape index (κ1) is 24.9. The van der Waals surface area contributed by atoms with E-state index in [2.05, 4.69) is 36.6 Å². The molecule has 0 bridgehead atoms. The number of halogens is 1. The average molecular weight is 524 g/mol. The number of anilines is 1. The molecule has 2 aliphatic rings. The molecule has 5 heterocycles. The van der Waals surface area contributed by atoms with Crippen LogP contribution in [0.1, 0.15) is 12.8 Å². The van der Waals surface area contributed by atoms with Crippen LogP contribution in [-0.4, -0.2) is 103 Å². The number of fused-ring (bicyclic) bond motifs is 2. The van der Waals surface area contributed by atoms with Crippen molar-refractivity contribution >= 4 is 22.2 Å². The molecule has 0 radical (unpaired) electrons. The number of hydrogen-bond donors (Lipinski definition) is 3. The number of aromatic nitrogens is 4. The van der Waals surface area contributed by atoms with E-state index in [9.17, 15) is 4.39 Å². The van der Waals surface area contributed by atoms with Crippen molar-refractivity contribution in [2.45, 2.75) is 25.0 Å². The number of rotatable bonds is 5. The Hall–Kier alpha value is -3.42. The number of ether oxygens (including phenoxy) is 1. The van der Waals surface area contributed by atoms with Crippen LogP contribution in [0, 0.1) is 5.82 Å². The number of pyridine rings is 1. The van der Waals surface area contributed by atoms with Crippen molar-refractivity contribution in [2.75, 3.05) is 51.2 Å². The third kappa shape index (κ3) is 4.88. The predicted molar refractivity (Wildman–Crippen MR) is 138 cm³/mol. The smallest absolute Gasteiger partial charge is 0.414 e. The van der Waals surface area contributed by atoms with Gasteiger partial charge in [0.15, 0.2) is 17.2 Å². The van der Waals surface area contributed by atoms with Gasteiger partial charge in [-0.15, -0.1) is 0 Å². The topological polar surface area (TPSA) is 123 Å². The van der Waals surface area contributed by atoms with Gasteiger partial charge in [0.25, 0.3) is 0 Å². The highest BCUT2D eigenvalue weighted by molar-refractivity contribution is 5.98. The Morgan fingerprint density at radius 1 is 0.974 bits per heavy atom. The van der Waals surface area contributed by atoms with E-state index in [1.807, 2.05) is 12.4 Å². The lowest BCUT2D eigenvalue weighted by molar-refractivity contribution is -0.420. The zero-order valence-corrected chi connectivity index (χ0v) is 21.0. The van der Waals surface area contributed by atoms with Crippen LogP contribution in [0.5, 0.6) is 5.75 Å². The molecular formula is C26H30FN7O4. The molecule has 3 N–H and O–H groups in total. The molecule has 11 nitrogen and oxygen atoms in total. The molecule has 2 fully saturated rings. The standard InChI is InChI=1S/C26H30FN7O4/c1-31-8-10-33(11-9-31)17-3-6-32(7-4-17)18-14-29-25-21(15-30-34(25)16-18)19-2-5-28-23-13-22(27)24(12-20(19)23)38-26(35,36)37/h2,5,12-17,35-37H,3-4,6-11H2,1H3. The summed E-state index contributed by atoms with van der Waals surface area (Å²) in [4.78, 5) is 16.3. The molecule has 1 aromatic carbocycles. The quantitative estimate of drug-likeness (QED) is 0.330. The summed E-state index contributed by atoms with van der Waals surface area (Å²) < 4.78 is 20.7. The maximum atomic E-state index is 14.4. The van der Waals surface area contributed by atoms with Crippen LogP contribution in [0.15, 0.2) is 43.0 Å². The van der Waals surface area contributed by atoms with Gasteiger partial charge in [-0.25, -0.2) is 13.9 Å². The Bertz CT molecular complexity index is 1460. The zero-order chi connectivity index (χ0) is 26.4. The molecule has 12 heteroatoms. The molecular weight excluding hydrogens is 493 g/mol. The largest absolute Gasteiger partial charge is 0.453 e. The van der Waals surface area contributed by atoms with E-state index in [1.165, 1.54) is 6.07 Å². The van der Waals surface area contributed by atoms with Crippen molar-refractivity contribution in [3.05, 3.63) is 48.8 Å². The summed E-state index contributed by atoms with van der Waals surface area (Å²) in [7, 11) is 2.18. The van der Waals surface area contributed by atoms with E-state index < -0.39 is 17.7 Å². The first-order valence-corrected chi connectivity index (χ1v) is 12.7. The fourth-order valence-corrected chi connectivity index (χ4v) is 5.50. The van der Waals surface area contributed by atoms with Gasteiger partial charge in [-0.3, -0.25) is 9.88 Å². The van der Waals surface area contributed by atoms with Crippen molar-refractivity contribution in [3.8, 4) is 16.9 Å². The van der Waals surface area contributed by atoms with E-state index in [0.717, 1.165) is 63.9 Å². The normalized spacial score (nSPS) is 18.5. The maximum absolute atomic E-state index is 14.4. The minimum Gasteiger partial charge on any atom is -0.414 e. The summed E-state index contributed by atoms with van der Waals surface area (Å²) >= 11 is 0. The van der Waals surface area contributed by atoms with Gasteiger partial charge in [-0.2, -0.15) is 5.10 Å². The Morgan fingerprint density at radius 3 is 2.47 bits per heavy atom. The summed E-state index contributed by atoms with van der Waals surface area (Å²) in [5.74, 6) is -1.44. The van der Waals surface area contributed by atoms with E-state index in [0.29, 0.717) is 33.7 Å². The summed E-state index contributed by atoms with van der Waals surface area (Å²) in [5.41, 5.74) is 3.29. The minimum atomic E-state index is -3.52. The van der Waals surface area contributed by atoms with Gasteiger partial charge in [0.1, 0.15) is 0 Å². The molecule has 0 saturated carbocycles. The molecule has 200 valence electrons. The highest BCUT2D eigenvalue weighted by Gasteiger charge is 2.28. The van der Waals surface area contributed by atoms with Crippen LogP contribution in [0.2, 0.25) is 0 Å². The third-order valence-electron chi connectivity index (χ3n) is 7.56. The predicted octanol–water partition coefficient (Wildman–Crippen LogP) is 1.27. The van der Waals surface area contributed by atoms with Gasteiger partial charge >= 0.3 is 6.16 Å². The number of aliphatic hydroxyl groups is 3. The van der Waals surface area contributed by atoms with Crippen LogP contribution < -0.4 is 9.64 Å². The first-order chi connectivity index (χ1) is 18.2. The number of nitrogens with zero attached hydrogens (tertiary/aromatic N) is 7. The molecule has 2 saturated heterocycles. The Balaban J connectivity index is 1.25. The van der Waals surface area contributed by atoms with Gasteiger partial charge in [-0.05, 0) is 37.6 Å². The third-order valence-corrected chi connectivity index (χ3v) is 7.56. The summed E-state index contributed by atoms with van der Waals surface area (Å²) in [6.07, 6.45) is 5.77. The van der Waals surface area contributed by atoms with Crippen molar-refractivity contribution in [2.24, 2.45) is 0 Å². The second kappa shape index (κ2) is 9.71. The summed E-state index contributed by atoms with van der Waals surface area (Å²) in [6.45, 7) is 6.45. The highest BCUT2D eigenvalue weighted by Crippen LogP contribution is 2.34. The Kier molecular flexibility index (Phi) is 6.36. The van der Waals surface area contributed by atoms with E-state index in [1.54, 1.807) is 23.0 Å². The van der Waals surface area contributed by atoms with Gasteiger partial charge in [-0.1, -0.05) is 0 Å². The van der Waals surface area contributed by atoms with Gasteiger partial charge in [0.05, 0.1) is 29.8 Å². The van der Waals surface area contributed by atoms with Gasteiger partial charge in [0.2, 0.25) is 0 Å². The molecule has 0 amide bonds. The van der Waals surface area contributed by atoms with Crippen LogP contribution >= 0.6 is 0 Å².